The van der Waals surface area contributed by atoms with Gasteiger partial charge in [-0.1, -0.05) is 69.3 Å². The van der Waals surface area contributed by atoms with Crippen LogP contribution >= 0.6 is 11.8 Å². The largest absolute Gasteiger partial charge is 0.446 e. The fourth-order valence-corrected chi connectivity index (χ4v) is 9.78. The van der Waals surface area contributed by atoms with Crippen LogP contribution < -0.4 is 15.4 Å². The monoisotopic (exact) mass is 780 g/mol. The van der Waals surface area contributed by atoms with E-state index in [1.165, 1.54) is 18.1 Å². The van der Waals surface area contributed by atoms with Gasteiger partial charge in [0.2, 0.25) is 21.8 Å². The van der Waals surface area contributed by atoms with Gasteiger partial charge in [0, 0.05) is 24.3 Å². The van der Waals surface area contributed by atoms with E-state index in [-0.39, 0.29) is 25.5 Å². The number of nitrogens with zero attached hydrogens (tertiary/aromatic N) is 1. The van der Waals surface area contributed by atoms with E-state index in [1.807, 2.05) is 63.4 Å². The number of amides is 4. The zero-order valence-corrected chi connectivity index (χ0v) is 33.3. The lowest BCUT2D eigenvalue weighted by Gasteiger charge is -2.36. The summed E-state index contributed by atoms with van der Waals surface area (Å²) in [5, 5.41) is 5.02. The van der Waals surface area contributed by atoms with Crippen LogP contribution in [0.25, 0.3) is 11.1 Å². The Labute approximate surface area is 322 Å². The van der Waals surface area contributed by atoms with E-state index >= 15 is 0 Å². The summed E-state index contributed by atoms with van der Waals surface area (Å²) in [5.74, 6) is -2.50. The van der Waals surface area contributed by atoms with Crippen LogP contribution in [0, 0.1) is 11.3 Å². The maximum absolute atomic E-state index is 14.8. The first kappa shape index (κ1) is 39.8. The molecule has 6 rings (SSSR count). The van der Waals surface area contributed by atoms with E-state index in [9.17, 15) is 27.6 Å². The number of carbonyl (C=O) groups excluding carboxylic acids is 4. The summed E-state index contributed by atoms with van der Waals surface area (Å²) < 4.78 is 39.6. The highest BCUT2D eigenvalue weighted by Gasteiger charge is 2.62. The molecule has 0 bridgehead atoms. The quantitative estimate of drug-likeness (QED) is 0.182. The molecule has 14 heteroatoms. The smallest absolute Gasteiger partial charge is 0.408 e. The summed E-state index contributed by atoms with van der Waals surface area (Å²) in [4.78, 5) is 58.6. The molecule has 1 saturated heterocycles. The average molecular weight is 781 g/mol. The molecule has 3 N–H and O–H groups in total. The molecule has 3 saturated carbocycles. The Morgan fingerprint density at radius 3 is 2.24 bits per heavy atom. The molecule has 1 aliphatic heterocycles. The zero-order chi connectivity index (χ0) is 39.1. The van der Waals surface area contributed by atoms with Crippen molar-refractivity contribution in [3.63, 3.8) is 0 Å². The molecule has 0 unspecified atom stereocenters. The third-order valence-corrected chi connectivity index (χ3v) is 13.9. The van der Waals surface area contributed by atoms with Crippen LogP contribution in [0.15, 0.2) is 66.1 Å². The van der Waals surface area contributed by atoms with Gasteiger partial charge in [0.25, 0.3) is 5.91 Å². The Kier molecular flexibility index (Phi) is 11.3. The predicted molar refractivity (Wildman–Crippen MR) is 207 cm³/mol. The van der Waals surface area contributed by atoms with Gasteiger partial charge in [-0.25, -0.2) is 13.2 Å². The Morgan fingerprint density at radius 1 is 1.00 bits per heavy atom. The van der Waals surface area contributed by atoms with Gasteiger partial charge >= 0.3 is 6.09 Å². The number of carbonyl (C=O) groups is 4. The second-order valence-electron chi connectivity index (χ2n) is 16.1. The number of hydrogen-bond donors (Lipinski definition) is 3. The summed E-state index contributed by atoms with van der Waals surface area (Å²) >= 11 is 1.65. The zero-order valence-electron chi connectivity index (χ0n) is 31.7. The van der Waals surface area contributed by atoms with Crippen LogP contribution in [0.4, 0.5) is 4.79 Å². The van der Waals surface area contributed by atoms with E-state index in [0.29, 0.717) is 12.8 Å². The lowest BCUT2D eigenvalue weighted by molar-refractivity contribution is -0.143. The number of methoxy groups -OCH3 is 1. The Hall–Kier alpha value is -3.88. The van der Waals surface area contributed by atoms with Gasteiger partial charge in [0.15, 0.2) is 0 Å². The van der Waals surface area contributed by atoms with E-state index in [4.69, 9.17) is 9.47 Å². The number of hydrogen-bond acceptors (Lipinski definition) is 9. The van der Waals surface area contributed by atoms with Crippen molar-refractivity contribution in [3.8, 4) is 11.1 Å². The standard InChI is InChI=1S/C40H52N4O8S2/c1-7-26-22-40(26,36(47)43-54(49,50)29-20-21-29)42-34(45)31-23-39(51-5,27-18-16-25(17-19-27)30-14-10-11-15-32(30)53-6)24-44(31)35(46)33(38(2,3)4)41-37(48)52-28-12-8-9-13-28/h7,10-11,14-19,26,28-29,31,33H,1,8-9,12-13,20-24H2,2-6H3,(H,41,48)(H,42,45)(H,43,47)/t26-,31+,33-,39+,40-/m1/s1. The van der Waals surface area contributed by atoms with Crippen LogP contribution in [-0.4, -0.2) is 86.0 Å². The first-order chi connectivity index (χ1) is 25.6. The fraction of sp³-hybridized carbons (Fsp3) is 0.550. The van der Waals surface area contributed by atoms with Gasteiger partial charge in [0.1, 0.15) is 29.3 Å². The van der Waals surface area contributed by atoms with E-state index in [1.54, 1.807) is 11.8 Å². The van der Waals surface area contributed by atoms with Gasteiger partial charge in [-0.3, -0.25) is 19.1 Å². The average Bonchev–Trinajstić information content (AvgIpc) is 4.03. The van der Waals surface area contributed by atoms with E-state index < -0.39 is 73.6 Å². The molecule has 0 radical (unpaired) electrons. The van der Waals surface area contributed by atoms with Gasteiger partial charge < -0.3 is 25.0 Å². The summed E-state index contributed by atoms with van der Waals surface area (Å²) in [7, 11) is -2.37. The fourth-order valence-electron chi connectivity index (χ4n) is 7.79. The number of thioether (sulfide) groups is 1. The van der Waals surface area contributed by atoms with Crippen molar-refractivity contribution in [2.75, 3.05) is 19.9 Å². The van der Waals surface area contributed by atoms with Gasteiger partial charge in [-0.15, -0.1) is 18.3 Å². The van der Waals surface area contributed by atoms with Gasteiger partial charge in [0.05, 0.1) is 11.8 Å². The molecule has 0 aromatic heterocycles. The number of benzene rings is 2. The third-order valence-electron chi connectivity index (χ3n) is 11.3. The number of rotatable bonds is 13. The van der Waals surface area contributed by atoms with Crippen molar-refractivity contribution in [2.45, 2.75) is 112 Å². The topological polar surface area (TPSA) is 160 Å². The molecule has 2 aromatic rings. The summed E-state index contributed by atoms with van der Waals surface area (Å²) in [5.41, 5.74) is -0.684. The second kappa shape index (κ2) is 15.3. The Balaban J connectivity index is 1.32. The molecule has 2 aromatic carbocycles. The molecule has 5 atom stereocenters. The first-order valence-corrected chi connectivity index (χ1v) is 21.4. The molecule has 12 nitrogen and oxygen atoms in total. The van der Waals surface area contributed by atoms with Crippen LogP contribution in [0.2, 0.25) is 0 Å². The van der Waals surface area contributed by atoms with Crippen molar-refractivity contribution in [3.05, 3.63) is 66.7 Å². The van der Waals surface area contributed by atoms with E-state index in [0.717, 1.165) is 47.3 Å². The molecule has 3 aliphatic carbocycles. The van der Waals surface area contributed by atoms with Crippen molar-refractivity contribution in [1.29, 1.82) is 0 Å². The summed E-state index contributed by atoms with van der Waals surface area (Å²) in [6.45, 7) is 9.24. The normalized spacial score (nSPS) is 26.1. The minimum absolute atomic E-state index is 0.0298. The Bertz CT molecular complexity index is 1890. The molecular weight excluding hydrogens is 729 g/mol. The van der Waals surface area contributed by atoms with Crippen LogP contribution in [0.1, 0.15) is 77.7 Å². The van der Waals surface area contributed by atoms with Crippen molar-refractivity contribution < 1.29 is 37.1 Å². The lowest BCUT2D eigenvalue weighted by atomic mass is 9.85. The van der Waals surface area contributed by atoms with Gasteiger partial charge in [-0.2, -0.15) is 0 Å². The van der Waals surface area contributed by atoms with Crippen LogP contribution in [0.5, 0.6) is 0 Å². The number of nitrogens with one attached hydrogen (secondary N) is 3. The van der Waals surface area contributed by atoms with Crippen molar-refractivity contribution in [1.82, 2.24) is 20.3 Å². The number of alkyl carbamates (subject to hydrolysis) is 1. The molecule has 4 amide bonds. The lowest BCUT2D eigenvalue weighted by Crippen LogP contribution is -2.60. The van der Waals surface area contributed by atoms with Crippen molar-refractivity contribution >= 4 is 45.6 Å². The molecule has 292 valence electrons. The Morgan fingerprint density at radius 2 is 1.67 bits per heavy atom. The SMILES string of the molecule is C=C[C@@H]1C[C@]1(NC(=O)[C@@H]1C[C@@](OC)(c2ccc(-c3ccccc3SC)cc2)CN1C(=O)[C@@H](NC(=O)OC1CCCC1)C(C)(C)C)C(=O)NS(=O)(=O)C1CC1. The number of likely N-dealkylation sites (tertiary alicyclic amines) is 1. The number of ether oxygens (including phenoxy) is 2. The van der Waals surface area contributed by atoms with Crippen LogP contribution in [0.3, 0.4) is 0 Å². The highest BCUT2D eigenvalue weighted by molar-refractivity contribution is 7.98. The molecule has 4 fully saturated rings. The summed E-state index contributed by atoms with van der Waals surface area (Å²) in [6, 6.07) is 13.7. The van der Waals surface area contributed by atoms with Crippen LogP contribution in [-0.2, 0) is 39.5 Å². The second-order valence-corrected chi connectivity index (χ2v) is 18.9. The molecule has 54 heavy (non-hydrogen) atoms. The van der Waals surface area contributed by atoms with Crippen molar-refractivity contribution in [2.24, 2.45) is 11.3 Å². The molecular formula is C40H52N4O8S2. The minimum atomic E-state index is -3.90. The summed E-state index contributed by atoms with van der Waals surface area (Å²) in [6.07, 6.45) is 7.19. The number of sulfonamides is 1. The van der Waals surface area contributed by atoms with E-state index in [2.05, 4.69) is 34.1 Å². The minimum Gasteiger partial charge on any atom is -0.446 e. The maximum atomic E-state index is 14.8. The highest BCUT2D eigenvalue weighted by atomic mass is 32.2. The highest BCUT2D eigenvalue weighted by Crippen LogP contribution is 2.47. The first-order valence-electron chi connectivity index (χ1n) is 18.6. The molecule has 0 spiro atoms. The maximum Gasteiger partial charge on any atom is 0.408 e. The van der Waals surface area contributed by atoms with Gasteiger partial charge in [-0.05, 0) is 79.4 Å². The molecule has 4 aliphatic rings. The predicted octanol–water partition coefficient (Wildman–Crippen LogP) is 5.27. The molecule has 1 heterocycles. The third kappa shape index (κ3) is 8.06.